The summed E-state index contributed by atoms with van der Waals surface area (Å²) < 4.78 is 5.22. The monoisotopic (exact) mass is 381 g/mol. The van der Waals surface area contributed by atoms with Crippen LogP contribution in [0.3, 0.4) is 0 Å². The van der Waals surface area contributed by atoms with Crippen molar-refractivity contribution in [1.82, 2.24) is 9.97 Å². The van der Waals surface area contributed by atoms with Crippen LogP contribution >= 0.6 is 0 Å². The molecule has 4 rings (SSSR count). The Kier molecular flexibility index (Phi) is 5.10. The van der Waals surface area contributed by atoms with E-state index in [0.29, 0.717) is 18.1 Å². The van der Waals surface area contributed by atoms with Crippen molar-refractivity contribution in [1.29, 1.82) is 0 Å². The molecule has 2 aliphatic heterocycles. The van der Waals surface area contributed by atoms with Gasteiger partial charge in [0.1, 0.15) is 23.7 Å². The number of rotatable bonds is 5. The third-order valence-corrected chi connectivity index (χ3v) is 5.19. The molecule has 2 fully saturated rings. The molecule has 1 aromatic heterocycles. The Balaban J connectivity index is 1.43. The Morgan fingerprint density at radius 2 is 2.04 bits per heavy atom. The van der Waals surface area contributed by atoms with Crippen molar-refractivity contribution in [3.8, 4) is 5.75 Å². The van der Waals surface area contributed by atoms with Gasteiger partial charge >= 0.3 is 0 Å². The van der Waals surface area contributed by atoms with Crippen LogP contribution < -0.4 is 19.9 Å². The maximum absolute atomic E-state index is 12.7. The standard InChI is InChI=1S/C20H23N5O3/c1-28-16-6-4-5-15(10-16)25-12-14(9-19(25)26)20(27)23-17-11-18(22-13-21-17)24-7-2-3-8-24/h4-6,10-11,13-14H,2-3,7-9,12H2,1H3,(H,21,22,23,27). The minimum Gasteiger partial charge on any atom is -0.497 e. The van der Waals surface area contributed by atoms with E-state index >= 15 is 0 Å². The first-order chi connectivity index (χ1) is 13.6. The minimum atomic E-state index is -0.427. The Bertz CT molecular complexity index is 882. The number of hydrogen-bond acceptors (Lipinski definition) is 6. The van der Waals surface area contributed by atoms with E-state index in [2.05, 4.69) is 20.2 Å². The number of hydrogen-bond donors (Lipinski definition) is 1. The summed E-state index contributed by atoms with van der Waals surface area (Å²) in [5, 5.41) is 2.84. The summed E-state index contributed by atoms with van der Waals surface area (Å²) in [5.74, 6) is 1.26. The first-order valence-corrected chi connectivity index (χ1v) is 9.46. The number of nitrogens with zero attached hydrogens (tertiary/aromatic N) is 4. The Morgan fingerprint density at radius 3 is 2.82 bits per heavy atom. The van der Waals surface area contributed by atoms with Crippen LogP contribution in [0.25, 0.3) is 0 Å². The Morgan fingerprint density at radius 1 is 1.21 bits per heavy atom. The number of anilines is 3. The number of ether oxygens (including phenoxy) is 1. The van der Waals surface area contributed by atoms with Crippen molar-refractivity contribution >= 4 is 29.1 Å². The van der Waals surface area contributed by atoms with E-state index in [-0.39, 0.29) is 18.2 Å². The van der Waals surface area contributed by atoms with Gasteiger partial charge < -0.3 is 19.9 Å². The smallest absolute Gasteiger partial charge is 0.230 e. The van der Waals surface area contributed by atoms with E-state index in [1.165, 1.54) is 6.33 Å². The molecule has 8 nitrogen and oxygen atoms in total. The Hall–Kier alpha value is -3.16. The number of carbonyl (C=O) groups is 2. The summed E-state index contributed by atoms with van der Waals surface area (Å²) in [7, 11) is 1.58. The van der Waals surface area contributed by atoms with Gasteiger partial charge in [-0.1, -0.05) is 6.07 Å². The SMILES string of the molecule is COc1cccc(N2CC(C(=O)Nc3cc(N4CCCC4)ncn3)CC2=O)c1. The summed E-state index contributed by atoms with van der Waals surface area (Å²) in [5.41, 5.74) is 0.734. The molecule has 0 radical (unpaired) electrons. The molecule has 0 saturated carbocycles. The molecule has 0 aliphatic carbocycles. The lowest BCUT2D eigenvalue weighted by atomic mass is 10.1. The maximum atomic E-state index is 12.7. The molecule has 2 amide bonds. The van der Waals surface area contributed by atoms with Gasteiger partial charge in [0.2, 0.25) is 11.8 Å². The van der Waals surface area contributed by atoms with Crippen LogP contribution in [0.5, 0.6) is 5.75 Å². The highest BCUT2D eigenvalue weighted by Crippen LogP contribution is 2.28. The van der Waals surface area contributed by atoms with Crippen LogP contribution in [-0.2, 0) is 9.59 Å². The molecule has 2 aromatic rings. The zero-order chi connectivity index (χ0) is 19.5. The van der Waals surface area contributed by atoms with E-state index in [1.807, 2.05) is 18.2 Å². The molecule has 28 heavy (non-hydrogen) atoms. The second-order valence-corrected chi connectivity index (χ2v) is 7.05. The average Bonchev–Trinajstić information content (AvgIpc) is 3.38. The summed E-state index contributed by atoms with van der Waals surface area (Å²) in [6.45, 7) is 2.27. The molecule has 1 atom stereocenters. The topological polar surface area (TPSA) is 87.7 Å². The summed E-state index contributed by atoms with van der Waals surface area (Å²) in [4.78, 5) is 37.4. The lowest BCUT2D eigenvalue weighted by molar-refractivity contribution is -0.122. The van der Waals surface area contributed by atoms with Gasteiger partial charge in [-0.25, -0.2) is 9.97 Å². The maximum Gasteiger partial charge on any atom is 0.230 e. The van der Waals surface area contributed by atoms with Gasteiger partial charge in [-0.3, -0.25) is 9.59 Å². The van der Waals surface area contributed by atoms with Crippen molar-refractivity contribution in [2.45, 2.75) is 19.3 Å². The number of benzene rings is 1. The van der Waals surface area contributed by atoms with Crippen molar-refractivity contribution < 1.29 is 14.3 Å². The van der Waals surface area contributed by atoms with Crippen molar-refractivity contribution in [3.63, 3.8) is 0 Å². The van der Waals surface area contributed by atoms with Gasteiger partial charge in [0, 0.05) is 43.9 Å². The van der Waals surface area contributed by atoms with Crippen molar-refractivity contribution in [2.75, 3.05) is 41.9 Å². The fraction of sp³-hybridized carbons (Fsp3) is 0.400. The van der Waals surface area contributed by atoms with Gasteiger partial charge in [-0.2, -0.15) is 0 Å². The first kappa shape index (κ1) is 18.2. The third-order valence-electron chi connectivity index (χ3n) is 5.19. The van der Waals surface area contributed by atoms with Gasteiger partial charge in [-0.05, 0) is 25.0 Å². The normalized spacial score (nSPS) is 19.2. The number of nitrogens with one attached hydrogen (secondary N) is 1. The van der Waals surface area contributed by atoms with Gasteiger partial charge in [0.05, 0.1) is 13.0 Å². The Labute approximate surface area is 163 Å². The van der Waals surface area contributed by atoms with E-state index < -0.39 is 5.92 Å². The quantitative estimate of drug-likeness (QED) is 0.853. The average molecular weight is 381 g/mol. The van der Waals surface area contributed by atoms with Crippen LogP contribution in [0.1, 0.15) is 19.3 Å². The molecular weight excluding hydrogens is 358 g/mol. The molecule has 0 spiro atoms. The molecule has 2 aliphatic rings. The molecule has 3 heterocycles. The molecule has 1 aromatic carbocycles. The zero-order valence-electron chi connectivity index (χ0n) is 15.8. The summed E-state index contributed by atoms with van der Waals surface area (Å²) in [6, 6.07) is 9.08. The zero-order valence-corrected chi connectivity index (χ0v) is 15.8. The van der Waals surface area contributed by atoms with Gasteiger partial charge in [-0.15, -0.1) is 0 Å². The number of amides is 2. The molecule has 1 N–H and O–H groups in total. The highest BCUT2D eigenvalue weighted by molar-refractivity contribution is 6.03. The van der Waals surface area contributed by atoms with E-state index in [9.17, 15) is 9.59 Å². The van der Waals surface area contributed by atoms with Crippen molar-refractivity contribution in [3.05, 3.63) is 36.7 Å². The lowest BCUT2D eigenvalue weighted by Crippen LogP contribution is -2.28. The number of aromatic nitrogens is 2. The second kappa shape index (κ2) is 7.84. The second-order valence-electron chi connectivity index (χ2n) is 7.05. The fourth-order valence-corrected chi connectivity index (χ4v) is 3.67. The van der Waals surface area contributed by atoms with E-state index in [0.717, 1.165) is 37.4 Å². The van der Waals surface area contributed by atoms with Crippen LogP contribution in [0.4, 0.5) is 17.3 Å². The molecule has 8 heteroatoms. The third kappa shape index (κ3) is 3.76. The van der Waals surface area contributed by atoms with Crippen LogP contribution in [0.2, 0.25) is 0 Å². The predicted molar refractivity (Wildman–Crippen MR) is 106 cm³/mol. The van der Waals surface area contributed by atoms with Crippen LogP contribution in [-0.4, -0.2) is 48.5 Å². The number of carbonyl (C=O) groups excluding carboxylic acids is 2. The number of methoxy groups -OCH3 is 1. The highest BCUT2D eigenvalue weighted by Gasteiger charge is 2.35. The van der Waals surface area contributed by atoms with Gasteiger partial charge in [0.15, 0.2) is 0 Å². The van der Waals surface area contributed by atoms with Gasteiger partial charge in [0.25, 0.3) is 0 Å². The van der Waals surface area contributed by atoms with Crippen LogP contribution in [0, 0.1) is 5.92 Å². The molecule has 2 saturated heterocycles. The first-order valence-electron chi connectivity index (χ1n) is 9.46. The van der Waals surface area contributed by atoms with E-state index in [4.69, 9.17) is 4.74 Å². The lowest BCUT2D eigenvalue weighted by Gasteiger charge is -2.18. The summed E-state index contributed by atoms with van der Waals surface area (Å²) >= 11 is 0. The largest absolute Gasteiger partial charge is 0.497 e. The predicted octanol–water partition coefficient (Wildman–Crippen LogP) is 2.08. The summed E-state index contributed by atoms with van der Waals surface area (Å²) in [6.07, 6.45) is 3.94. The van der Waals surface area contributed by atoms with Crippen molar-refractivity contribution in [2.24, 2.45) is 5.92 Å². The highest BCUT2D eigenvalue weighted by atomic mass is 16.5. The van der Waals surface area contributed by atoms with E-state index in [1.54, 1.807) is 24.1 Å². The van der Waals surface area contributed by atoms with Crippen LogP contribution in [0.15, 0.2) is 36.7 Å². The molecule has 0 bridgehead atoms. The molecular formula is C20H23N5O3. The molecule has 146 valence electrons. The fourth-order valence-electron chi connectivity index (χ4n) is 3.67. The minimum absolute atomic E-state index is 0.0751. The molecule has 1 unspecified atom stereocenters.